The maximum Gasteiger partial charge on any atom is 0.234 e. The Bertz CT molecular complexity index is 545. The minimum atomic E-state index is 0.422. The molecule has 1 aliphatic rings. The molecule has 1 saturated heterocycles. The Hall–Kier alpha value is -1.05. The number of rotatable bonds is 4. The molecule has 0 aromatic carbocycles. The van der Waals surface area contributed by atoms with Crippen LogP contribution < -0.4 is 5.73 Å². The van der Waals surface area contributed by atoms with Crippen molar-refractivity contribution in [2.45, 2.75) is 32.1 Å². The largest absolute Gasteiger partial charge is 0.381 e. The maximum absolute atomic E-state index is 5.66. The molecule has 0 aliphatic carbocycles. The van der Waals surface area contributed by atoms with Gasteiger partial charge in [-0.15, -0.1) is 10.2 Å². The Labute approximate surface area is 116 Å². The fraction of sp³-hybridized carbons (Fsp3) is 0.750. The van der Waals surface area contributed by atoms with Gasteiger partial charge in [-0.3, -0.25) is 0 Å². The van der Waals surface area contributed by atoms with E-state index in [1.807, 2.05) is 4.52 Å². The molecule has 2 N–H and O–H groups in total. The monoisotopic (exact) mass is 281 g/mol. The molecule has 2 aromatic rings. The summed E-state index contributed by atoms with van der Waals surface area (Å²) < 4.78 is 7.31. The average molecular weight is 281 g/mol. The van der Waals surface area contributed by atoms with Gasteiger partial charge in [0.1, 0.15) is 5.01 Å². The highest BCUT2D eigenvalue weighted by molar-refractivity contribution is 7.16. The molecule has 6 nitrogen and oxygen atoms in total. The van der Waals surface area contributed by atoms with Gasteiger partial charge in [-0.05, 0) is 25.3 Å². The smallest absolute Gasteiger partial charge is 0.234 e. The van der Waals surface area contributed by atoms with Crippen LogP contribution in [0, 0.1) is 5.92 Å². The second-order valence-electron chi connectivity index (χ2n) is 5.18. The fourth-order valence-electron chi connectivity index (χ4n) is 2.35. The van der Waals surface area contributed by atoms with E-state index < -0.39 is 0 Å². The number of nitrogens with two attached hydrogens (primary N) is 1. The topological polar surface area (TPSA) is 78.3 Å². The van der Waals surface area contributed by atoms with E-state index in [9.17, 15) is 0 Å². The van der Waals surface area contributed by atoms with Gasteiger partial charge in [0.15, 0.2) is 5.82 Å². The molecule has 1 unspecified atom stereocenters. The average Bonchev–Trinajstić information content (AvgIpc) is 2.99. The standard InChI is InChI=1S/C12H19N5OS/c1-8(7-13)6-10-16-17-11(14-15-12(17)19-10)9-2-4-18-5-3-9/h8-9H,2-7,13H2,1H3. The Morgan fingerprint density at radius 3 is 2.95 bits per heavy atom. The van der Waals surface area contributed by atoms with E-state index >= 15 is 0 Å². The highest BCUT2D eigenvalue weighted by atomic mass is 32.1. The van der Waals surface area contributed by atoms with Gasteiger partial charge in [-0.1, -0.05) is 18.3 Å². The minimum Gasteiger partial charge on any atom is -0.381 e. The molecule has 0 radical (unpaired) electrons. The van der Waals surface area contributed by atoms with Gasteiger partial charge in [0.2, 0.25) is 4.96 Å². The van der Waals surface area contributed by atoms with Gasteiger partial charge >= 0.3 is 0 Å². The first-order valence-electron chi connectivity index (χ1n) is 6.76. The minimum absolute atomic E-state index is 0.422. The summed E-state index contributed by atoms with van der Waals surface area (Å²) in [6.45, 7) is 4.44. The molecule has 1 fully saturated rings. The summed E-state index contributed by atoms with van der Waals surface area (Å²) in [7, 11) is 0. The van der Waals surface area contributed by atoms with Crippen LogP contribution in [0.1, 0.15) is 36.5 Å². The van der Waals surface area contributed by atoms with Crippen molar-refractivity contribution in [1.82, 2.24) is 19.8 Å². The van der Waals surface area contributed by atoms with Gasteiger partial charge in [0, 0.05) is 25.6 Å². The van der Waals surface area contributed by atoms with Crippen LogP contribution >= 0.6 is 11.3 Å². The molecule has 1 aliphatic heterocycles. The molecule has 104 valence electrons. The van der Waals surface area contributed by atoms with Crippen LogP contribution in [0.5, 0.6) is 0 Å². The number of nitrogens with zero attached hydrogens (tertiary/aromatic N) is 4. The van der Waals surface area contributed by atoms with Crippen LogP contribution in [0.4, 0.5) is 0 Å². The Balaban J connectivity index is 1.85. The molecule has 7 heteroatoms. The van der Waals surface area contributed by atoms with Crippen LogP contribution in [0.2, 0.25) is 0 Å². The molecule has 0 bridgehead atoms. The first-order chi connectivity index (χ1) is 9.28. The molecule has 2 aromatic heterocycles. The number of ether oxygens (including phenoxy) is 1. The predicted molar refractivity (Wildman–Crippen MR) is 73.4 cm³/mol. The number of aromatic nitrogens is 4. The SMILES string of the molecule is CC(CN)Cc1nn2c(C3CCOCC3)nnc2s1. The first-order valence-corrected chi connectivity index (χ1v) is 7.58. The van der Waals surface area contributed by atoms with E-state index in [1.54, 1.807) is 11.3 Å². The van der Waals surface area contributed by atoms with Crippen LogP contribution in [-0.2, 0) is 11.2 Å². The molecule has 3 heterocycles. The Kier molecular flexibility index (Phi) is 3.76. The third-order valence-electron chi connectivity index (χ3n) is 3.57. The summed E-state index contributed by atoms with van der Waals surface area (Å²) in [5.74, 6) is 1.86. The normalized spacial score (nSPS) is 19.1. The lowest BCUT2D eigenvalue weighted by Gasteiger charge is -2.19. The van der Waals surface area contributed by atoms with Crippen molar-refractivity contribution in [2.75, 3.05) is 19.8 Å². The Morgan fingerprint density at radius 1 is 1.42 bits per heavy atom. The fourth-order valence-corrected chi connectivity index (χ4v) is 3.35. The summed E-state index contributed by atoms with van der Waals surface area (Å²) in [5.41, 5.74) is 5.66. The third kappa shape index (κ3) is 2.63. The van der Waals surface area contributed by atoms with Crippen molar-refractivity contribution in [3.05, 3.63) is 10.8 Å². The van der Waals surface area contributed by atoms with E-state index in [4.69, 9.17) is 10.5 Å². The van der Waals surface area contributed by atoms with Crippen LogP contribution in [0.15, 0.2) is 0 Å². The summed E-state index contributed by atoms with van der Waals surface area (Å²) >= 11 is 1.62. The predicted octanol–water partition coefficient (Wildman–Crippen LogP) is 1.22. The molecular formula is C12H19N5OS. The lowest BCUT2D eigenvalue weighted by Crippen LogP contribution is -2.17. The molecular weight excluding hydrogens is 262 g/mol. The van der Waals surface area contributed by atoms with Crippen molar-refractivity contribution >= 4 is 16.3 Å². The molecule has 1 atom stereocenters. The molecule has 19 heavy (non-hydrogen) atoms. The van der Waals surface area contributed by atoms with Gasteiger partial charge in [-0.25, -0.2) is 0 Å². The van der Waals surface area contributed by atoms with Crippen molar-refractivity contribution in [1.29, 1.82) is 0 Å². The zero-order valence-electron chi connectivity index (χ0n) is 11.1. The van der Waals surface area contributed by atoms with Crippen molar-refractivity contribution in [3.63, 3.8) is 0 Å². The van der Waals surface area contributed by atoms with E-state index in [0.29, 0.717) is 18.4 Å². The molecule has 0 amide bonds. The quantitative estimate of drug-likeness (QED) is 0.911. The van der Waals surface area contributed by atoms with Crippen molar-refractivity contribution < 1.29 is 4.74 Å². The van der Waals surface area contributed by atoms with Crippen LogP contribution in [0.25, 0.3) is 4.96 Å². The summed E-state index contributed by atoms with van der Waals surface area (Å²) in [5, 5.41) is 14.3. The second-order valence-corrected chi connectivity index (χ2v) is 6.22. The highest BCUT2D eigenvalue weighted by Crippen LogP contribution is 2.27. The van der Waals surface area contributed by atoms with Crippen LogP contribution in [0.3, 0.4) is 0 Å². The van der Waals surface area contributed by atoms with Gasteiger partial charge in [-0.2, -0.15) is 9.61 Å². The van der Waals surface area contributed by atoms with E-state index in [0.717, 1.165) is 48.3 Å². The molecule has 0 saturated carbocycles. The van der Waals surface area contributed by atoms with Gasteiger partial charge in [0.25, 0.3) is 0 Å². The maximum atomic E-state index is 5.66. The van der Waals surface area contributed by atoms with Crippen LogP contribution in [-0.4, -0.2) is 39.6 Å². The zero-order chi connectivity index (χ0) is 13.2. The van der Waals surface area contributed by atoms with E-state index in [1.165, 1.54) is 0 Å². The number of hydrogen-bond acceptors (Lipinski definition) is 6. The van der Waals surface area contributed by atoms with E-state index in [-0.39, 0.29) is 0 Å². The van der Waals surface area contributed by atoms with Gasteiger partial charge in [0.05, 0.1) is 0 Å². The summed E-state index contributed by atoms with van der Waals surface area (Å²) in [6, 6.07) is 0. The van der Waals surface area contributed by atoms with Crippen molar-refractivity contribution in [3.8, 4) is 0 Å². The lowest BCUT2D eigenvalue weighted by molar-refractivity contribution is 0.0831. The van der Waals surface area contributed by atoms with Crippen molar-refractivity contribution in [2.24, 2.45) is 11.7 Å². The highest BCUT2D eigenvalue weighted by Gasteiger charge is 2.23. The van der Waals surface area contributed by atoms with Gasteiger partial charge < -0.3 is 10.5 Å². The number of hydrogen-bond donors (Lipinski definition) is 1. The lowest BCUT2D eigenvalue weighted by atomic mass is 10.00. The number of fused-ring (bicyclic) bond motifs is 1. The second kappa shape index (κ2) is 5.52. The van der Waals surface area contributed by atoms with E-state index in [2.05, 4.69) is 22.2 Å². The summed E-state index contributed by atoms with van der Waals surface area (Å²) in [4.78, 5) is 0.890. The molecule has 3 rings (SSSR count). The first kappa shape index (κ1) is 13.0. The third-order valence-corrected chi connectivity index (χ3v) is 4.49. The molecule has 0 spiro atoms. The zero-order valence-corrected chi connectivity index (χ0v) is 11.9. The Morgan fingerprint density at radius 2 is 2.21 bits per heavy atom. The summed E-state index contributed by atoms with van der Waals surface area (Å²) in [6.07, 6.45) is 2.93.